The van der Waals surface area contributed by atoms with Gasteiger partial charge in [0, 0.05) is 12.6 Å². The molecule has 0 unspecified atom stereocenters. The molecule has 9 nitrogen and oxygen atoms in total. The van der Waals surface area contributed by atoms with Gasteiger partial charge >= 0.3 is 0 Å². The van der Waals surface area contributed by atoms with Gasteiger partial charge in [0.1, 0.15) is 5.39 Å². The molecule has 1 aliphatic heterocycles. The van der Waals surface area contributed by atoms with Crippen molar-refractivity contribution < 1.29 is 0 Å². The molecule has 9 heteroatoms. The molecule has 0 amide bonds. The first kappa shape index (κ1) is 27.1. The third-order valence-corrected chi connectivity index (χ3v) is 2.69. The maximum absolute atomic E-state index is 10.9. The number of nitrogens with zero attached hydrogens (tertiary/aromatic N) is 4. The minimum absolute atomic E-state index is 0.0810. The van der Waals surface area contributed by atoms with E-state index in [2.05, 4.69) is 35.1 Å². The summed E-state index contributed by atoms with van der Waals surface area (Å²) in [6, 6.07) is 0. The lowest BCUT2D eigenvalue weighted by Gasteiger charge is -1.90. The Bertz CT molecular complexity index is 895. The van der Waals surface area contributed by atoms with E-state index >= 15 is 0 Å². The molecule has 156 valence electrons. The van der Waals surface area contributed by atoms with Crippen molar-refractivity contribution in [3.05, 3.63) is 45.1 Å². The molecule has 3 aromatic rings. The Labute approximate surface area is 165 Å². The number of hydrogen-bond donors (Lipinski definition) is 3. The van der Waals surface area contributed by atoms with Gasteiger partial charge in [0.05, 0.1) is 24.4 Å². The summed E-state index contributed by atoms with van der Waals surface area (Å²) in [4.78, 5) is 38.3. The Balaban J connectivity index is 0. The normalized spacial score (nSPS) is 9.43. The zero-order chi connectivity index (χ0) is 21.9. The Morgan fingerprint density at radius 1 is 0.821 bits per heavy atom. The second-order valence-electron chi connectivity index (χ2n) is 3.91. The molecule has 0 saturated heterocycles. The van der Waals surface area contributed by atoms with Crippen molar-refractivity contribution in [1.82, 2.24) is 30.1 Å². The number of aliphatic imine (C=N–C) groups is 1. The van der Waals surface area contributed by atoms with Crippen LogP contribution in [0.4, 0.5) is 5.82 Å². The maximum Gasteiger partial charge on any atom is 0.261 e. The second kappa shape index (κ2) is 17.3. The van der Waals surface area contributed by atoms with Crippen LogP contribution in [0, 0.1) is 0 Å². The fourth-order valence-corrected chi connectivity index (χ4v) is 1.71. The summed E-state index contributed by atoms with van der Waals surface area (Å²) >= 11 is 0. The Hall–Kier alpha value is -3.10. The molecule has 0 fully saturated rings. The van der Waals surface area contributed by atoms with Crippen LogP contribution in [0.25, 0.3) is 11.0 Å². The zero-order valence-electron chi connectivity index (χ0n) is 18.1. The average Bonchev–Trinajstić information content (AvgIpc) is 3.45. The zero-order valence-corrected chi connectivity index (χ0v) is 18.1. The van der Waals surface area contributed by atoms with Gasteiger partial charge in [0.15, 0.2) is 11.5 Å². The third kappa shape index (κ3) is 8.07. The lowest BCUT2D eigenvalue weighted by atomic mass is 10.3. The minimum atomic E-state index is -0.168. The number of aromatic amines is 3. The van der Waals surface area contributed by atoms with Gasteiger partial charge in [-0.3, -0.25) is 14.7 Å². The maximum atomic E-state index is 10.9. The first-order valence-corrected chi connectivity index (χ1v) is 9.71. The van der Waals surface area contributed by atoms with Gasteiger partial charge in [-0.05, 0) is 0 Å². The molecule has 1 aliphatic rings. The largest absolute Gasteiger partial charge is 0.313 e. The quantitative estimate of drug-likeness (QED) is 0.536. The standard InChI is InChI=1S/C6H5N3O.C5H4N4O.4C2H6/c10-6-4-1-2-7-5(4)8-3-9-6;10-5-3-1-8-9-4(3)6-2-7-5;4*1-2/h2-3H,1H2,(H,8,9,10);1-2H,(H2,6,7,8,9,10);4*1-2H3. The van der Waals surface area contributed by atoms with Crippen LogP contribution in [-0.4, -0.2) is 36.3 Å². The number of fused-ring (bicyclic) bond motifs is 2. The van der Waals surface area contributed by atoms with Crippen LogP contribution in [0.15, 0.2) is 33.4 Å². The molecular weight excluding hydrogens is 358 g/mol. The molecular formula is C19H33N7O2. The van der Waals surface area contributed by atoms with E-state index in [9.17, 15) is 9.59 Å². The second-order valence-corrected chi connectivity index (χ2v) is 3.91. The van der Waals surface area contributed by atoms with Crippen LogP contribution in [0.3, 0.4) is 0 Å². The SMILES string of the molecule is CC.CC.CC.CC.O=c1[nH]cnc2[nH]ncc12.O=c1[nH]cnc2c1CC=N2. The lowest BCUT2D eigenvalue weighted by molar-refractivity contribution is 1.07. The lowest BCUT2D eigenvalue weighted by Crippen LogP contribution is -2.10. The van der Waals surface area contributed by atoms with Crippen LogP contribution in [-0.2, 0) is 6.42 Å². The van der Waals surface area contributed by atoms with E-state index in [1.54, 1.807) is 6.21 Å². The topological polar surface area (TPSA) is 133 Å². The van der Waals surface area contributed by atoms with Gasteiger partial charge in [-0.25, -0.2) is 15.0 Å². The van der Waals surface area contributed by atoms with Gasteiger partial charge in [0.2, 0.25) is 0 Å². The van der Waals surface area contributed by atoms with Crippen molar-refractivity contribution in [3.8, 4) is 0 Å². The molecule has 0 radical (unpaired) electrons. The monoisotopic (exact) mass is 391 g/mol. The van der Waals surface area contributed by atoms with Crippen molar-refractivity contribution in [3.63, 3.8) is 0 Å². The van der Waals surface area contributed by atoms with Crippen LogP contribution < -0.4 is 11.1 Å². The highest BCUT2D eigenvalue weighted by Crippen LogP contribution is 2.14. The molecule has 4 rings (SSSR count). The average molecular weight is 392 g/mol. The molecule has 0 atom stereocenters. The molecule has 0 aromatic carbocycles. The summed E-state index contributed by atoms with van der Waals surface area (Å²) in [5.74, 6) is 0.559. The summed E-state index contributed by atoms with van der Waals surface area (Å²) < 4.78 is 0. The highest BCUT2D eigenvalue weighted by atomic mass is 16.1. The molecule has 0 bridgehead atoms. The summed E-state index contributed by atoms with van der Waals surface area (Å²) in [6.45, 7) is 16.0. The van der Waals surface area contributed by atoms with Crippen molar-refractivity contribution in [1.29, 1.82) is 0 Å². The van der Waals surface area contributed by atoms with Gasteiger partial charge in [-0.2, -0.15) is 5.10 Å². The van der Waals surface area contributed by atoms with E-state index in [0.717, 1.165) is 0 Å². The number of aromatic nitrogens is 6. The molecule has 4 heterocycles. The number of nitrogens with one attached hydrogen (secondary N) is 3. The van der Waals surface area contributed by atoms with E-state index in [0.29, 0.717) is 28.8 Å². The molecule has 0 spiro atoms. The van der Waals surface area contributed by atoms with Crippen molar-refractivity contribution >= 4 is 23.1 Å². The predicted octanol–water partition coefficient (Wildman–Crippen LogP) is 3.78. The summed E-state index contributed by atoms with van der Waals surface area (Å²) in [5.41, 5.74) is 0.938. The number of hydrogen-bond acceptors (Lipinski definition) is 6. The fourth-order valence-electron chi connectivity index (χ4n) is 1.71. The Morgan fingerprint density at radius 3 is 1.96 bits per heavy atom. The predicted molar refractivity (Wildman–Crippen MR) is 117 cm³/mol. The highest BCUT2D eigenvalue weighted by molar-refractivity contribution is 5.73. The smallest absolute Gasteiger partial charge is 0.261 e. The van der Waals surface area contributed by atoms with Gasteiger partial charge < -0.3 is 9.97 Å². The summed E-state index contributed by atoms with van der Waals surface area (Å²) in [7, 11) is 0. The van der Waals surface area contributed by atoms with Crippen molar-refractivity contribution in [2.24, 2.45) is 4.99 Å². The first-order chi connectivity index (χ1) is 13.8. The molecule has 3 aromatic heterocycles. The van der Waals surface area contributed by atoms with Crippen LogP contribution in [0.5, 0.6) is 0 Å². The first-order valence-electron chi connectivity index (χ1n) is 9.71. The van der Waals surface area contributed by atoms with E-state index in [-0.39, 0.29) is 11.1 Å². The number of H-pyrrole nitrogens is 3. The van der Waals surface area contributed by atoms with E-state index in [4.69, 9.17) is 0 Å². The van der Waals surface area contributed by atoms with Crippen LogP contribution in [0.2, 0.25) is 0 Å². The fraction of sp³-hybridized carbons (Fsp3) is 0.474. The molecule has 3 N–H and O–H groups in total. The highest BCUT2D eigenvalue weighted by Gasteiger charge is 2.09. The van der Waals surface area contributed by atoms with Gasteiger partial charge in [-0.15, -0.1) is 0 Å². The van der Waals surface area contributed by atoms with Gasteiger partial charge in [0.25, 0.3) is 11.1 Å². The van der Waals surface area contributed by atoms with Crippen molar-refractivity contribution in [2.75, 3.05) is 0 Å². The third-order valence-electron chi connectivity index (χ3n) is 2.69. The molecule has 0 aliphatic carbocycles. The van der Waals surface area contributed by atoms with E-state index in [1.807, 2.05) is 55.4 Å². The number of rotatable bonds is 0. The molecule has 28 heavy (non-hydrogen) atoms. The summed E-state index contributed by atoms with van der Waals surface area (Å²) in [5, 5.41) is 6.72. The van der Waals surface area contributed by atoms with E-state index in [1.165, 1.54) is 18.9 Å². The minimum Gasteiger partial charge on any atom is -0.313 e. The Kier molecular flexibility index (Phi) is 16.8. The Morgan fingerprint density at radius 2 is 1.39 bits per heavy atom. The van der Waals surface area contributed by atoms with Crippen molar-refractivity contribution in [2.45, 2.75) is 61.8 Å². The van der Waals surface area contributed by atoms with Crippen LogP contribution in [0.1, 0.15) is 61.0 Å². The van der Waals surface area contributed by atoms with Gasteiger partial charge in [-0.1, -0.05) is 55.4 Å². The molecule has 0 saturated carbocycles. The summed E-state index contributed by atoms with van der Waals surface area (Å²) in [6.07, 6.45) is 6.44. The van der Waals surface area contributed by atoms with E-state index < -0.39 is 0 Å². The van der Waals surface area contributed by atoms with Crippen LogP contribution >= 0.6 is 0 Å².